The van der Waals surface area contributed by atoms with Crippen LogP contribution in [0, 0.1) is 6.92 Å². The summed E-state index contributed by atoms with van der Waals surface area (Å²) in [5.41, 5.74) is 2.24. The highest BCUT2D eigenvalue weighted by Gasteiger charge is 2.23. The maximum absolute atomic E-state index is 10.9. The number of aryl methyl sites for hydroxylation is 1. The molecule has 5 heteroatoms. The highest BCUT2D eigenvalue weighted by molar-refractivity contribution is 5.69. The largest absolute Gasteiger partial charge is 0.489 e. The van der Waals surface area contributed by atoms with Crippen molar-refractivity contribution in [1.82, 2.24) is 10.6 Å². The topological polar surface area (TPSA) is 59.6 Å². The number of cyclic esters (lactones) is 1. The Kier molecular flexibility index (Phi) is 4.27. The van der Waals surface area contributed by atoms with E-state index in [4.69, 9.17) is 9.47 Å². The van der Waals surface area contributed by atoms with Gasteiger partial charge in [0.05, 0.1) is 6.54 Å². The van der Waals surface area contributed by atoms with Crippen molar-refractivity contribution in [2.75, 3.05) is 20.2 Å². The van der Waals surface area contributed by atoms with Crippen LogP contribution in [0.2, 0.25) is 0 Å². The zero-order valence-corrected chi connectivity index (χ0v) is 11.5. The molecule has 2 N–H and O–H groups in total. The Hall–Kier alpha value is -1.75. The van der Waals surface area contributed by atoms with Crippen molar-refractivity contribution < 1.29 is 14.3 Å². The number of carbonyl (C=O) groups excluding carboxylic acids is 1. The summed E-state index contributed by atoms with van der Waals surface area (Å²) in [4.78, 5) is 10.9. The third-order valence-electron chi connectivity index (χ3n) is 3.24. The van der Waals surface area contributed by atoms with Gasteiger partial charge in [0.1, 0.15) is 12.4 Å². The first-order chi connectivity index (χ1) is 9.10. The number of benzene rings is 1. The minimum Gasteiger partial charge on any atom is -0.489 e. The number of amides is 1. The number of rotatable bonds is 5. The van der Waals surface area contributed by atoms with Crippen LogP contribution in [-0.4, -0.2) is 32.4 Å². The van der Waals surface area contributed by atoms with E-state index in [2.05, 4.69) is 29.7 Å². The van der Waals surface area contributed by atoms with Crippen molar-refractivity contribution in [2.45, 2.75) is 26.0 Å². The molecule has 0 aromatic heterocycles. The molecule has 1 aliphatic rings. The second-order valence-corrected chi connectivity index (χ2v) is 4.77. The van der Waals surface area contributed by atoms with Gasteiger partial charge in [-0.05, 0) is 32.5 Å². The molecule has 1 fully saturated rings. The van der Waals surface area contributed by atoms with E-state index in [1.807, 2.05) is 20.0 Å². The fraction of sp³-hybridized carbons (Fsp3) is 0.500. The Morgan fingerprint density at radius 2 is 2.37 bits per heavy atom. The van der Waals surface area contributed by atoms with Gasteiger partial charge in [-0.15, -0.1) is 0 Å². The molecule has 1 aromatic carbocycles. The first-order valence-corrected chi connectivity index (χ1v) is 6.45. The molecule has 2 atom stereocenters. The molecule has 19 heavy (non-hydrogen) atoms. The standard InChI is InChI=1S/C14H20N2O3/c1-9-4-5-12(10(2)15-3)13(6-9)18-8-11-7-16-14(17)19-11/h4-6,10-11,15H,7-8H2,1-3H3,(H,16,17). The molecule has 5 nitrogen and oxygen atoms in total. The summed E-state index contributed by atoms with van der Waals surface area (Å²) in [7, 11) is 1.91. The van der Waals surface area contributed by atoms with Gasteiger partial charge >= 0.3 is 6.09 Å². The Balaban J connectivity index is 2.05. The summed E-state index contributed by atoms with van der Waals surface area (Å²) >= 11 is 0. The quantitative estimate of drug-likeness (QED) is 0.851. The zero-order valence-electron chi connectivity index (χ0n) is 11.5. The van der Waals surface area contributed by atoms with Gasteiger partial charge in [-0.3, -0.25) is 0 Å². The molecule has 0 spiro atoms. The zero-order chi connectivity index (χ0) is 13.8. The molecule has 1 aliphatic heterocycles. The average molecular weight is 264 g/mol. The first-order valence-electron chi connectivity index (χ1n) is 6.45. The van der Waals surface area contributed by atoms with Crippen LogP contribution in [0.15, 0.2) is 18.2 Å². The highest BCUT2D eigenvalue weighted by Crippen LogP contribution is 2.26. The smallest absolute Gasteiger partial charge is 0.407 e. The molecular formula is C14H20N2O3. The second-order valence-electron chi connectivity index (χ2n) is 4.77. The molecule has 0 aliphatic carbocycles. The summed E-state index contributed by atoms with van der Waals surface area (Å²) < 4.78 is 10.9. The Morgan fingerprint density at radius 3 is 3.00 bits per heavy atom. The number of alkyl carbamates (subject to hydrolysis) is 1. The van der Waals surface area contributed by atoms with Crippen LogP contribution in [0.1, 0.15) is 24.1 Å². The van der Waals surface area contributed by atoms with Crippen molar-refractivity contribution in [3.63, 3.8) is 0 Å². The third-order valence-corrected chi connectivity index (χ3v) is 3.24. The van der Waals surface area contributed by atoms with E-state index in [0.717, 1.165) is 16.9 Å². The minimum absolute atomic E-state index is 0.208. The fourth-order valence-corrected chi connectivity index (χ4v) is 1.99. The van der Waals surface area contributed by atoms with Crippen molar-refractivity contribution in [2.24, 2.45) is 0 Å². The molecule has 1 amide bonds. The predicted molar refractivity (Wildman–Crippen MR) is 72.4 cm³/mol. The Bertz CT molecular complexity index is 462. The number of carbonyl (C=O) groups is 1. The number of nitrogens with one attached hydrogen (secondary N) is 2. The maximum Gasteiger partial charge on any atom is 0.407 e. The van der Waals surface area contributed by atoms with Gasteiger partial charge in [-0.25, -0.2) is 4.79 Å². The van der Waals surface area contributed by atoms with Crippen molar-refractivity contribution in [3.05, 3.63) is 29.3 Å². The molecule has 0 radical (unpaired) electrons. The summed E-state index contributed by atoms with van der Waals surface area (Å²) in [5.74, 6) is 0.838. The average Bonchev–Trinajstić information content (AvgIpc) is 2.81. The SMILES string of the molecule is CNC(C)c1ccc(C)cc1OCC1CNC(=O)O1. The normalized spacial score (nSPS) is 19.7. The van der Waals surface area contributed by atoms with Crippen LogP contribution in [0.3, 0.4) is 0 Å². The Morgan fingerprint density at radius 1 is 1.58 bits per heavy atom. The van der Waals surface area contributed by atoms with Gasteiger partial charge in [0.15, 0.2) is 6.10 Å². The molecule has 1 saturated heterocycles. The van der Waals surface area contributed by atoms with Crippen LogP contribution in [-0.2, 0) is 4.74 Å². The summed E-state index contributed by atoms with van der Waals surface area (Å²) in [6.07, 6.45) is -0.590. The van der Waals surface area contributed by atoms with Gasteiger partial charge < -0.3 is 20.1 Å². The lowest BCUT2D eigenvalue weighted by Gasteiger charge is -2.18. The van der Waals surface area contributed by atoms with Crippen LogP contribution in [0.25, 0.3) is 0 Å². The highest BCUT2D eigenvalue weighted by atomic mass is 16.6. The summed E-state index contributed by atoms with van der Waals surface area (Å²) in [6, 6.07) is 6.34. The molecule has 2 unspecified atom stereocenters. The van der Waals surface area contributed by atoms with Crippen molar-refractivity contribution >= 4 is 6.09 Å². The molecular weight excluding hydrogens is 244 g/mol. The van der Waals surface area contributed by atoms with E-state index < -0.39 is 0 Å². The van der Waals surface area contributed by atoms with Crippen LogP contribution in [0.4, 0.5) is 4.79 Å². The van der Waals surface area contributed by atoms with Gasteiger partial charge in [0.2, 0.25) is 0 Å². The third kappa shape index (κ3) is 3.38. The van der Waals surface area contributed by atoms with E-state index in [0.29, 0.717) is 13.2 Å². The number of hydrogen-bond acceptors (Lipinski definition) is 4. The van der Waals surface area contributed by atoms with Gasteiger partial charge in [0, 0.05) is 11.6 Å². The van der Waals surface area contributed by atoms with Crippen LogP contribution in [0.5, 0.6) is 5.75 Å². The lowest BCUT2D eigenvalue weighted by molar-refractivity contribution is 0.104. The van der Waals surface area contributed by atoms with E-state index in [-0.39, 0.29) is 18.2 Å². The van der Waals surface area contributed by atoms with Crippen molar-refractivity contribution in [1.29, 1.82) is 0 Å². The molecule has 2 rings (SSSR count). The second kappa shape index (κ2) is 5.93. The first kappa shape index (κ1) is 13.7. The number of ether oxygens (including phenoxy) is 2. The molecule has 1 heterocycles. The van der Waals surface area contributed by atoms with Gasteiger partial charge in [-0.2, -0.15) is 0 Å². The van der Waals surface area contributed by atoms with E-state index in [1.54, 1.807) is 0 Å². The predicted octanol–water partition coefficient (Wildman–Crippen LogP) is 1.76. The number of hydrogen-bond donors (Lipinski definition) is 2. The summed E-state index contributed by atoms with van der Waals surface area (Å²) in [5, 5.41) is 5.81. The van der Waals surface area contributed by atoms with Crippen LogP contribution >= 0.6 is 0 Å². The van der Waals surface area contributed by atoms with E-state index in [9.17, 15) is 4.79 Å². The van der Waals surface area contributed by atoms with Gasteiger partial charge in [-0.1, -0.05) is 12.1 Å². The maximum atomic E-state index is 10.9. The minimum atomic E-state index is -0.373. The lowest BCUT2D eigenvalue weighted by atomic mass is 10.1. The molecule has 1 aromatic rings. The monoisotopic (exact) mass is 264 g/mol. The lowest BCUT2D eigenvalue weighted by Crippen LogP contribution is -2.23. The summed E-state index contributed by atoms with van der Waals surface area (Å²) in [6.45, 7) is 4.97. The van der Waals surface area contributed by atoms with Crippen molar-refractivity contribution in [3.8, 4) is 5.75 Å². The molecule has 104 valence electrons. The van der Waals surface area contributed by atoms with Crippen LogP contribution < -0.4 is 15.4 Å². The molecule has 0 saturated carbocycles. The van der Waals surface area contributed by atoms with E-state index in [1.165, 1.54) is 0 Å². The molecule has 0 bridgehead atoms. The Labute approximate surface area is 113 Å². The fourth-order valence-electron chi connectivity index (χ4n) is 1.99. The van der Waals surface area contributed by atoms with E-state index >= 15 is 0 Å². The van der Waals surface area contributed by atoms with Gasteiger partial charge in [0.25, 0.3) is 0 Å².